The summed E-state index contributed by atoms with van der Waals surface area (Å²) >= 11 is 6.04. The second kappa shape index (κ2) is 6.94. The lowest BCUT2D eigenvalue weighted by molar-refractivity contribution is -0.137. The maximum Gasteiger partial charge on any atom is 0.303 e. The van der Waals surface area contributed by atoms with Crippen LogP contribution in [0, 0.1) is 0 Å². The molecule has 0 spiro atoms. The number of carboxylic acid groups (broad SMARTS) is 1. The first-order chi connectivity index (χ1) is 10.0. The van der Waals surface area contributed by atoms with Crippen molar-refractivity contribution in [1.29, 1.82) is 0 Å². The van der Waals surface area contributed by atoms with Gasteiger partial charge in [0.25, 0.3) is 0 Å². The van der Waals surface area contributed by atoms with Gasteiger partial charge in [0.05, 0.1) is 11.0 Å². The Morgan fingerprint density at radius 3 is 2.86 bits per heavy atom. The molecule has 5 heteroatoms. The van der Waals surface area contributed by atoms with Crippen LogP contribution in [0.4, 0.5) is 0 Å². The fourth-order valence-electron chi connectivity index (χ4n) is 2.53. The predicted molar refractivity (Wildman–Crippen MR) is 84.9 cm³/mol. The Kier molecular flexibility index (Phi) is 5.23. The first kappa shape index (κ1) is 15.8. The molecule has 1 atom stereocenters. The smallest absolute Gasteiger partial charge is 0.303 e. The molecule has 1 aromatic heterocycles. The number of carbonyl (C=O) groups is 1. The Balaban J connectivity index is 2.26. The average Bonchev–Trinajstić information content (AvgIpc) is 2.79. The van der Waals surface area contributed by atoms with E-state index in [0.29, 0.717) is 17.5 Å². The minimum Gasteiger partial charge on any atom is -0.481 e. The molecule has 2 rings (SSSR count). The number of nitrogens with zero attached hydrogens (tertiary/aromatic N) is 2. The normalized spacial score (nSPS) is 12.7. The average molecular weight is 309 g/mol. The van der Waals surface area contributed by atoms with Crippen LogP contribution in [0.3, 0.4) is 0 Å². The van der Waals surface area contributed by atoms with Crippen molar-refractivity contribution in [1.82, 2.24) is 9.55 Å². The van der Waals surface area contributed by atoms with Crippen LogP contribution in [0.15, 0.2) is 18.2 Å². The highest BCUT2D eigenvalue weighted by molar-refractivity contribution is 6.31. The van der Waals surface area contributed by atoms with Gasteiger partial charge in [-0.15, -0.1) is 0 Å². The molecular formula is C16H21ClN2O2. The number of hydrogen-bond acceptors (Lipinski definition) is 2. The second-order valence-corrected chi connectivity index (χ2v) is 5.83. The van der Waals surface area contributed by atoms with Crippen LogP contribution in [0.2, 0.25) is 5.02 Å². The lowest BCUT2D eigenvalue weighted by Gasteiger charge is -2.15. The van der Waals surface area contributed by atoms with Crippen LogP contribution in [-0.2, 0) is 11.2 Å². The topological polar surface area (TPSA) is 55.1 Å². The third-order valence-electron chi connectivity index (χ3n) is 3.80. The summed E-state index contributed by atoms with van der Waals surface area (Å²) in [6.07, 6.45) is 3.55. The summed E-state index contributed by atoms with van der Waals surface area (Å²) in [5, 5.41) is 9.39. The number of aliphatic carboxylic acids is 1. The number of halogens is 1. The molecule has 1 N–H and O–H groups in total. The van der Waals surface area contributed by atoms with Gasteiger partial charge in [0, 0.05) is 23.9 Å². The Hall–Kier alpha value is -1.55. The molecule has 0 aliphatic heterocycles. The monoisotopic (exact) mass is 308 g/mol. The van der Waals surface area contributed by atoms with E-state index in [9.17, 15) is 4.79 Å². The fourth-order valence-corrected chi connectivity index (χ4v) is 2.70. The summed E-state index contributed by atoms with van der Waals surface area (Å²) in [6.45, 7) is 4.33. The van der Waals surface area contributed by atoms with Gasteiger partial charge in [0.2, 0.25) is 0 Å². The first-order valence-corrected chi connectivity index (χ1v) is 7.79. The minimum atomic E-state index is -0.739. The SMILES string of the molecule is CC[C@@H](C)n1c(CCCCC(=O)O)nc2cc(Cl)ccc21. The first-order valence-electron chi connectivity index (χ1n) is 7.41. The highest BCUT2D eigenvalue weighted by Gasteiger charge is 2.15. The van der Waals surface area contributed by atoms with Gasteiger partial charge in [0.15, 0.2) is 0 Å². The van der Waals surface area contributed by atoms with Crippen LogP contribution in [0.25, 0.3) is 11.0 Å². The van der Waals surface area contributed by atoms with Crippen molar-refractivity contribution in [3.05, 3.63) is 29.0 Å². The molecule has 0 bridgehead atoms. The van der Waals surface area contributed by atoms with Crippen molar-refractivity contribution in [2.24, 2.45) is 0 Å². The molecule has 0 saturated heterocycles. The molecule has 0 unspecified atom stereocenters. The number of aromatic nitrogens is 2. The van der Waals surface area contributed by atoms with Crippen molar-refractivity contribution in [2.75, 3.05) is 0 Å². The van der Waals surface area contributed by atoms with Crippen molar-refractivity contribution >= 4 is 28.6 Å². The van der Waals surface area contributed by atoms with E-state index in [1.807, 2.05) is 18.2 Å². The van der Waals surface area contributed by atoms with Crippen molar-refractivity contribution in [2.45, 2.75) is 52.0 Å². The van der Waals surface area contributed by atoms with Crippen molar-refractivity contribution in [3.8, 4) is 0 Å². The summed E-state index contributed by atoms with van der Waals surface area (Å²) in [4.78, 5) is 15.3. The van der Waals surface area contributed by atoms with E-state index in [-0.39, 0.29) is 6.42 Å². The van der Waals surface area contributed by atoms with Gasteiger partial charge in [-0.05, 0) is 44.4 Å². The maximum atomic E-state index is 10.6. The molecule has 1 aromatic carbocycles. The number of unbranched alkanes of at least 4 members (excludes halogenated alkanes) is 1. The zero-order valence-electron chi connectivity index (χ0n) is 12.5. The van der Waals surface area contributed by atoms with Crippen molar-refractivity contribution in [3.63, 3.8) is 0 Å². The summed E-state index contributed by atoms with van der Waals surface area (Å²) in [7, 11) is 0. The number of benzene rings is 1. The zero-order valence-corrected chi connectivity index (χ0v) is 13.2. The van der Waals surface area contributed by atoms with E-state index < -0.39 is 5.97 Å². The van der Waals surface area contributed by atoms with Gasteiger partial charge in [-0.2, -0.15) is 0 Å². The molecule has 0 radical (unpaired) electrons. The molecule has 0 aliphatic rings. The lowest BCUT2D eigenvalue weighted by atomic mass is 10.1. The molecule has 0 saturated carbocycles. The largest absolute Gasteiger partial charge is 0.481 e. The third-order valence-corrected chi connectivity index (χ3v) is 4.03. The van der Waals surface area contributed by atoms with Crippen LogP contribution in [0.1, 0.15) is 51.4 Å². The second-order valence-electron chi connectivity index (χ2n) is 5.39. The third kappa shape index (κ3) is 3.76. The summed E-state index contributed by atoms with van der Waals surface area (Å²) < 4.78 is 2.26. The quantitative estimate of drug-likeness (QED) is 0.768. The van der Waals surface area contributed by atoms with E-state index in [4.69, 9.17) is 21.7 Å². The van der Waals surface area contributed by atoms with Gasteiger partial charge in [-0.3, -0.25) is 4.79 Å². The zero-order chi connectivity index (χ0) is 15.4. The van der Waals surface area contributed by atoms with E-state index in [1.165, 1.54) is 0 Å². The fraction of sp³-hybridized carbons (Fsp3) is 0.500. The molecule has 21 heavy (non-hydrogen) atoms. The van der Waals surface area contributed by atoms with Gasteiger partial charge in [-0.1, -0.05) is 18.5 Å². The molecule has 1 heterocycles. The van der Waals surface area contributed by atoms with E-state index in [0.717, 1.165) is 36.1 Å². The molecule has 4 nitrogen and oxygen atoms in total. The van der Waals surface area contributed by atoms with Crippen molar-refractivity contribution < 1.29 is 9.90 Å². The number of fused-ring (bicyclic) bond motifs is 1. The van der Waals surface area contributed by atoms with Crippen LogP contribution in [0.5, 0.6) is 0 Å². The van der Waals surface area contributed by atoms with Gasteiger partial charge < -0.3 is 9.67 Å². The number of hydrogen-bond donors (Lipinski definition) is 1. The van der Waals surface area contributed by atoms with Crippen LogP contribution >= 0.6 is 11.6 Å². The number of carboxylic acids is 1. The summed E-state index contributed by atoms with van der Waals surface area (Å²) in [5.74, 6) is 0.282. The van der Waals surface area contributed by atoms with E-state index in [2.05, 4.69) is 18.4 Å². The van der Waals surface area contributed by atoms with E-state index in [1.54, 1.807) is 0 Å². The summed E-state index contributed by atoms with van der Waals surface area (Å²) in [6, 6.07) is 6.15. The van der Waals surface area contributed by atoms with Gasteiger partial charge >= 0.3 is 5.97 Å². The van der Waals surface area contributed by atoms with Crippen LogP contribution < -0.4 is 0 Å². The molecule has 0 fully saturated rings. The van der Waals surface area contributed by atoms with Gasteiger partial charge in [-0.25, -0.2) is 4.98 Å². The number of rotatable bonds is 7. The molecule has 2 aromatic rings. The number of imidazole rings is 1. The number of aryl methyl sites for hydroxylation is 1. The predicted octanol–water partition coefficient (Wildman–Crippen LogP) is 4.46. The highest BCUT2D eigenvalue weighted by Crippen LogP contribution is 2.26. The van der Waals surface area contributed by atoms with Gasteiger partial charge in [0.1, 0.15) is 5.82 Å². The maximum absolute atomic E-state index is 10.6. The Morgan fingerprint density at radius 2 is 2.19 bits per heavy atom. The Labute approximate surface area is 129 Å². The standard InChI is InChI=1S/C16H21ClN2O2/c1-3-11(2)19-14-9-8-12(17)10-13(14)18-15(19)6-4-5-7-16(20)21/h8-11H,3-7H2,1-2H3,(H,20,21)/t11-/m1/s1. The lowest BCUT2D eigenvalue weighted by Crippen LogP contribution is -2.09. The van der Waals surface area contributed by atoms with Crippen LogP contribution in [-0.4, -0.2) is 20.6 Å². The summed E-state index contributed by atoms with van der Waals surface area (Å²) in [5.41, 5.74) is 2.01. The molecule has 114 valence electrons. The minimum absolute atomic E-state index is 0.218. The van der Waals surface area contributed by atoms with E-state index >= 15 is 0 Å². The molecule has 0 amide bonds. The Morgan fingerprint density at radius 1 is 1.43 bits per heavy atom. The molecular weight excluding hydrogens is 288 g/mol. The molecule has 0 aliphatic carbocycles. The highest BCUT2D eigenvalue weighted by atomic mass is 35.5. The Bertz CT molecular complexity index is 636.